The lowest BCUT2D eigenvalue weighted by Crippen LogP contribution is -2.21. The molecule has 0 amide bonds. The predicted octanol–water partition coefficient (Wildman–Crippen LogP) is 6.21. The van der Waals surface area contributed by atoms with Crippen LogP contribution in [0.2, 0.25) is 5.02 Å². The quantitative estimate of drug-likeness (QED) is 0.433. The fraction of sp³-hybridized carbons (Fsp3) is 0.304. The molecule has 0 aliphatic heterocycles. The molecule has 178 valence electrons. The molecule has 0 fully saturated rings. The summed E-state index contributed by atoms with van der Waals surface area (Å²) < 4.78 is 41.9. The van der Waals surface area contributed by atoms with Crippen LogP contribution in [0.4, 0.5) is 13.2 Å². The summed E-state index contributed by atoms with van der Waals surface area (Å²) in [5, 5.41) is 20.0. The number of carboxylic acid groups (broad SMARTS) is 1. The molecular weight excluding hydrogens is 461 g/mol. The zero-order valence-electron chi connectivity index (χ0n) is 18.3. The summed E-state index contributed by atoms with van der Waals surface area (Å²) in [6.07, 6.45) is -4.99. The number of carbonyl (C=O) groups is 1. The van der Waals surface area contributed by atoms with Crippen molar-refractivity contribution in [1.29, 1.82) is 0 Å². The lowest BCUT2D eigenvalue weighted by Gasteiger charge is -2.14. The number of hydrogen-bond acceptors (Lipinski definition) is 5. The fourth-order valence-corrected chi connectivity index (χ4v) is 3.28. The van der Waals surface area contributed by atoms with Gasteiger partial charge in [0, 0.05) is 16.0 Å². The number of benzene rings is 2. The van der Waals surface area contributed by atoms with Crippen molar-refractivity contribution < 1.29 is 32.9 Å². The van der Waals surface area contributed by atoms with Crippen molar-refractivity contribution >= 4 is 28.5 Å². The van der Waals surface area contributed by atoms with Crippen molar-refractivity contribution in [1.82, 2.24) is 9.88 Å². The van der Waals surface area contributed by atoms with Crippen LogP contribution < -0.4 is 4.74 Å². The van der Waals surface area contributed by atoms with E-state index >= 15 is 0 Å². The molecule has 3 rings (SSSR count). The van der Waals surface area contributed by atoms with Gasteiger partial charge in [-0.1, -0.05) is 56.6 Å². The number of fused-ring (bicyclic) bond motifs is 1. The number of pyridine rings is 1. The number of rotatable bonds is 6. The van der Waals surface area contributed by atoms with E-state index in [2.05, 4.69) is 35.4 Å². The summed E-state index contributed by atoms with van der Waals surface area (Å²) in [6.45, 7) is 10.1. The van der Waals surface area contributed by atoms with E-state index in [-0.39, 0.29) is 22.2 Å². The molecule has 1 heterocycles. The second-order valence-corrected chi connectivity index (χ2v) is 7.25. The highest BCUT2D eigenvalue weighted by Crippen LogP contribution is 2.39. The molecule has 0 spiro atoms. The van der Waals surface area contributed by atoms with Gasteiger partial charge in [-0.15, -0.1) is 13.2 Å². The van der Waals surface area contributed by atoms with Gasteiger partial charge >= 0.3 is 12.3 Å². The molecule has 0 bridgehead atoms. The van der Waals surface area contributed by atoms with Crippen LogP contribution >= 0.6 is 11.6 Å². The highest BCUT2D eigenvalue weighted by atomic mass is 35.5. The first-order valence-electron chi connectivity index (χ1n) is 10.1. The van der Waals surface area contributed by atoms with E-state index in [1.54, 1.807) is 0 Å². The first kappa shape index (κ1) is 26.2. The predicted molar refractivity (Wildman–Crippen MR) is 121 cm³/mol. The summed E-state index contributed by atoms with van der Waals surface area (Å²) in [5.41, 5.74) is -0.847. The van der Waals surface area contributed by atoms with Crippen LogP contribution in [-0.2, 0) is 0 Å². The maximum absolute atomic E-state index is 12.6. The van der Waals surface area contributed by atoms with Crippen LogP contribution in [0.3, 0.4) is 0 Å². The molecule has 33 heavy (non-hydrogen) atoms. The first-order chi connectivity index (χ1) is 15.5. The van der Waals surface area contributed by atoms with Gasteiger partial charge in [0.05, 0.1) is 0 Å². The van der Waals surface area contributed by atoms with Gasteiger partial charge in [-0.25, -0.2) is 9.78 Å². The summed E-state index contributed by atoms with van der Waals surface area (Å²) >= 11 is 5.79. The highest BCUT2D eigenvalue weighted by Gasteiger charge is 2.33. The van der Waals surface area contributed by atoms with Crippen molar-refractivity contribution in [3.8, 4) is 22.8 Å². The molecule has 0 aliphatic rings. The zero-order valence-corrected chi connectivity index (χ0v) is 19.0. The number of para-hydroxylation sites is 1. The maximum atomic E-state index is 12.6. The van der Waals surface area contributed by atoms with Crippen molar-refractivity contribution in [2.45, 2.75) is 27.1 Å². The van der Waals surface area contributed by atoms with Gasteiger partial charge in [-0.3, -0.25) is 0 Å². The molecule has 0 radical (unpaired) electrons. The molecule has 0 saturated carbocycles. The number of hydrogen-bond donors (Lipinski definition) is 2. The Morgan fingerprint density at radius 2 is 1.64 bits per heavy atom. The maximum Gasteiger partial charge on any atom is 0.573 e. The molecule has 0 atom stereocenters. The Morgan fingerprint density at radius 1 is 1.06 bits per heavy atom. The molecule has 6 nitrogen and oxygen atoms in total. The van der Waals surface area contributed by atoms with Crippen LogP contribution in [0.1, 0.15) is 31.1 Å². The monoisotopic (exact) mass is 484 g/mol. The van der Waals surface area contributed by atoms with Crippen molar-refractivity contribution in [2.24, 2.45) is 0 Å². The lowest BCUT2D eigenvalue weighted by atomic mass is 10.0. The van der Waals surface area contributed by atoms with Crippen molar-refractivity contribution in [2.75, 3.05) is 19.6 Å². The summed E-state index contributed by atoms with van der Waals surface area (Å²) in [5.74, 6) is -2.86. The third-order valence-corrected chi connectivity index (χ3v) is 5.10. The van der Waals surface area contributed by atoms with E-state index < -0.39 is 29.4 Å². The third-order valence-electron chi connectivity index (χ3n) is 4.85. The van der Waals surface area contributed by atoms with Crippen LogP contribution in [-0.4, -0.2) is 52.1 Å². The lowest BCUT2D eigenvalue weighted by molar-refractivity contribution is -0.274. The second-order valence-electron chi connectivity index (χ2n) is 6.82. The van der Waals surface area contributed by atoms with Gasteiger partial charge in [0.2, 0.25) is 0 Å². The van der Waals surface area contributed by atoms with Gasteiger partial charge in [0.15, 0.2) is 11.5 Å². The molecule has 3 aromatic rings. The molecule has 0 aliphatic carbocycles. The Kier molecular flexibility index (Phi) is 8.90. The number of carboxylic acids is 1. The Labute approximate surface area is 194 Å². The number of alkyl halides is 3. The van der Waals surface area contributed by atoms with Gasteiger partial charge in [0.25, 0.3) is 0 Å². The fourth-order valence-electron chi connectivity index (χ4n) is 3.15. The Bertz CT molecular complexity index is 1100. The van der Waals surface area contributed by atoms with E-state index in [0.29, 0.717) is 5.02 Å². The molecule has 1 aromatic heterocycles. The number of aromatic hydroxyl groups is 1. The topological polar surface area (TPSA) is 82.9 Å². The number of halogens is 4. The Hall–Kier alpha value is -3.04. The van der Waals surface area contributed by atoms with E-state index in [1.807, 2.05) is 0 Å². The average Bonchev–Trinajstić information content (AvgIpc) is 2.74. The zero-order chi connectivity index (χ0) is 24.8. The van der Waals surface area contributed by atoms with Gasteiger partial charge in [0.1, 0.15) is 16.8 Å². The van der Waals surface area contributed by atoms with Crippen molar-refractivity contribution in [3.05, 3.63) is 53.1 Å². The van der Waals surface area contributed by atoms with Crippen LogP contribution in [0, 0.1) is 0 Å². The minimum absolute atomic E-state index is 0.186. The molecule has 10 heteroatoms. The molecular formula is C23H24ClF3N2O4. The standard InChI is InChI=1S/C17H9ClF3NO4.C6H15N/c18-9-6-4-8(5-7-9)13-15(23)12(16(24)25)10-2-1-3-11(14(10)22-13)26-17(19,20)21;1-4-7(5-2)6-3/h1-7,23H,(H,24,25);4-6H2,1-3H3. The number of nitrogens with zero attached hydrogens (tertiary/aromatic N) is 2. The molecule has 0 saturated heterocycles. The van der Waals surface area contributed by atoms with E-state index in [0.717, 1.165) is 6.07 Å². The van der Waals surface area contributed by atoms with Gasteiger partial charge < -0.3 is 19.8 Å². The summed E-state index contributed by atoms with van der Waals surface area (Å²) in [7, 11) is 0. The number of ether oxygens (including phenoxy) is 1. The smallest absolute Gasteiger partial charge is 0.505 e. The third kappa shape index (κ3) is 6.72. The van der Waals surface area contributed by atoms with E-state index in [9.17, 15) is 28.2 Å². The summed E-state index contributed by atoms with van der Waals surface area (Å²) in [4.78, 5) is 18.0. The average molecular weight is 485 g/mol. The van der Waals surface area contributed by atoms with Crippen LogP contribution in [0.5, 0.6) is 11.5 Å². The Balaban J connectivity index is 0.000000479. The van der Waals surface area contributed by atoms with Gasteiger partial charge in [-0.05, 0) is 37.8 Å². The van der Waals surface area contributed by atoms with E-state index in [1.165, 1.54) is 56.0 Å². The minimum Gasteiger partial charge on any atom is -0.505 e. The molecule has 0 unspecified atom stereocenters. The van der Waals surface area contributed by atoms with Gasteiger partial charge in [-0.2, -0.15) is 0 Å². The highest BCUT2D eigenvalue weighted by molar-refractivity contribution is 6.30. The SMILES string of the molecule is CCN(CC)CC.O=C(O)c1c(O)c(-c2ccc(Cl)cc2)nc2c(OC(F)(F)F)cccc12. The number of aromatic nitrogens is 1. The normalized spacial score (nSPS) is 11.3. The summed E-state index contributed by atoms with van der Waals surface area (Å²) in [6, 6.07) is 9.28. The van der Waals surface area contributed by atoms with Crippen LogP contribution in [0.25, 0.3) is 22.2 Å². The number of aromatic carboxylic acids is 1. The van der Waals surface area contributed by atoms with Crippen molar-refractivity contribution in [3.63, 3.8) is 0 Å². The second kappa shape index (κ2) is 11.2. The molecule has 2 N–H and O–H groups in total. The first-order valence-corrected chi connectivity index (χ1v) is 10.5. The van der Waals surface area contributed by atoms with Crippen LogP contribution in [0.15, 0.2) is 42.5 Å². The Morgan fingerprint density at radius 3 is 2.09 bits per heavy atom. The molecule has 2 aromatic carbocycles. The largest absolute Gasteiger partial charge is 0.573 e. The van der Waals surface area contributed by atoms with E-state index in [4.69, 9.17) is 11.6 Å². The minimum atomic E-state index is -4.99.